The Morgan fingerprint density at radius 1 is 1.39 bits per heavy atom. The van der Waals surface area contributed by atoms with Gasteiger partial charge in [-0.15, -0.1) is 0 Å². The quantitative estimate of drug-likeness (QED) is 0.773. The molecule has 1 radical (unpaired) electrons. The Bertz CT molecular complexity index is 421. The number of nitrogens with zero attached hydrogens (tertiary/aromatic N) is 1. The molecule has 0 amide bonds. The first-order chi connectivity index (χ1) is 8.85. The van der Waals surface area contributed by atoms with Crippen molar-refractivity contribution in [3.63, 3.8) is 0 Å². The van der Waals surface area contributed by atoms with Gasteiger partial charge >= 0.3 is 0 Å². The maximum Gasteiger partial charge on any atom is 0.215 e. The van der Waals surface area contributed by atoms with Crippen LogP contribution >= 0.6 is 0 Å². The maximum absolute atomic E-state index is 9.24. The summed E-state index contributed by atoms with van der Waals surface area (Å²) < 4.78 is 5.90. The van der Waals surface area contributed by atoms with Gasteiger partial charge in [-0.05, 0) is 36.1 Å². The molecule has 1 aromatic carbocycles. The van der Waals surface area contributed by atoms with E-state index in [1.165, 1.54) is 30.0 Å². The van der Waals surface area contributed by atoms with Crippen LogP contribution in [0.1, 0.15) is 43.2 Å². The van der Waals surface area contributed by atoms with E-state index in [-0.39, 0.29) is 5.92 Å². The van der Waals surface area contributed by atoms with Gasteiger partial charge in [0.2, 0.25) is 9.04 Å². The highest BCUT2D eigenvalue weighted by molar-refractivity contribution is 6.51. The van der Waals surface area contributed by atoms with Gasteiger partial charge in [-0.1, -0.05) is 37.6 Å². The van der Waals surface area contributed by atoms with Crippen LogP contribution in [-0.4, -0.2) is 15.6 Å². The van der Waals surface area contributed by atoms with Crippen molar-refractivity contribution in [1.29, 1.82) is 5.26 Å². The molecule has 0 bridgehead atoms. The van der Waals surface area contributed by atoms with Crippen molar-refractivity contribution in [2.45, 2.75) is 44.2 Å². The van der Waals surface area contributed by atoms with E-state index in [0.717, 1.165) is 19.1 Å². The average molecular weight is 258 g/mol. The van der Waals surface area contributed by atoms with E-state index in [4.69, 9.17) is 4.43 Å². The summed E-state index contributed by atoms with van der Waals surface area (Å²) in [4.78, 5) is 0. The summed E-state index contributed by atoms with van der Waals surface area (Å²) in [5.41, 5.74) is 2.55. The number of hydrogen-bond acceptors (Lipinski definition) is 2. The molecule has 95 valence electrons. The maximum atomic E-state index is 9.24. The molecule has 0 spiro atoms. The van der Waals surface area contributed by atoms with Crippen molar-refractivity contribution in [2.75, 3.05) is 6.61 Å². The first-order valence-electron chi connectivity index (χ1n) is 6.80. The largest absolute Gasteiger partial charge is 0.416 e. The smallest absolute Gasteiger partial charge is 0.215 e. The fraction of sp³-hybridized carbons (Fsp3) is 0.533. The third-order valence-electron chi connectivity index (χ3n) is 3.54. The van der Waals surface area contributed by atoms with Crippen LogP contribution in [0, 0.1) is 11.3 Å². The van der Waals surface area contributed by atoms with Crippen molar-refractivity contribution in [2.24, 2.45) is 0 Å². The number of hydrogen-bond donors (Lipinski definition) is 0. The lowest BCUT2D eigenvalue weighted by Gasteiger charge is -2.22. The fourth-order valence-electron chi connectivity index (χ4n) is 2.48. The zero-order valence-electron chi connectivity index (χ0n) is 11.0. The van der Waals surface area contributed by atoms with Gasteiger partial charge in [0.1, 0.15) is 0 Å². The van der Waals surface area contributed by atoms with Crippen LogP contribution in [-0.2, 0) is 10.5 Å². The first kappa shape index (κ1) is 13.3. The lowest BCUT2D eigenvalue weighted by molar-refractivity contribution is 0.286. The Morgan fingerprint density at radius 3 is 2.89 bits per heavy atom. The van der Waals surface area contributed by atoms with Crippen molar-refractivity contribution in [3.05, 3.63) is 35.4 Å². The SMILES string of the molecule is CCC(C#N)c1ccccc1C[Si]1CCCCO1. The topological polar surface area (TPSA) is 33.0 Å². The summed E-state index contributed by atoms with van der Waals surface area (Å²) in [7, 11) is -0.681. The van der Waals surface area contributed by atoms with E-state index in [1.807, 2.05) is 6.07 Å². The van der Waals surface area contributed by atoms with Crippen LogP contribution < -0.4 is 0 Å². The first-order valence-corrected chi connectivity index (χ1v) is 8.62. The van der Waals surface area contributed by atoms with E-state index in [0.29, 0.717) is 0 Å². The van der Waals surface area contributed by atoms with Crippen LogP contribution in [0.3, 0.4) is 0 Å². The van der Waals surface area contributed by atoms with Gasteiger partial charge in [0.25, 0.3) is 0 Å². The van der Waals surface area contributed by atoms with Gasteiger partial charge in [-0.25, -0.2) is 0 Å². The Hall–Kier alpha value is -1.11. The second-order valence-corrected chi connectivity index (χ2v) is 7.03. The van der Waals surface area contributed by atoms with Gasteiger partial charge in [0.05, 0.1) is 12.0 Å². The molecule has 1 fully saturated rings. The van der Waals surface area contributed by atoms with Crippen molar-refractivity contribution in [1.82, 2.24) is 0 Å². The van der Waals surface area contributed by atoms with Crippen LogP contribution in [0.4, 0.5) is 0 Å². The van der Waals surface area contributed by atoms with Gasteiger partial charge in [0, 0.05) is 6.61 Å². The zero-order valence-corrected chi connectivity index (χ0v) is 12.0. The lowest BCUT2D eigenvalue weighted by atomic mass is 9.94. The van der Waals surface area contributed by atoms with Crippen LogP contribution in [0.5, 0.6) is 0 Å². The highest BCUT2D eigenvalue weighted by Crippen LogP contribution is 2.25. The summed E-state index contributed by atoms with van der Waals surface area (Å²) >= 11 is 0. The predicted octanol–water partition coefficient (Wildman–Crippen LogP) is 3.59. The minimum atomic E-state index is -0.681. The number of nitriles is 1. The molecular formula is C15H20NOSi. The summed E-state index contributed by atoms with van der Waals surface area (Å²) in [6.45, 7) is 3.02. The monoisotopic (exact) mass is 258 g/mol. The third kappa shape index (κ3) is 3.21. The molecule has 2 rings (SSSR count). The second kappa shape index (κ2) is 6.72. The molecule has 0 aromatic heterocycles. The molecular weight excluding hydrogens is 238 g/mol. The summed E-state index contributed by atoms with van der Waals surface area (Å²) in [6.07, 6.45) is 3.41. The second-order valence-electron chi connectivity index (χ2n) is 4.81. The Balaban J connectivity index is 2.14. The highest BCUT2D eigenvalue weighted by atomic mass is 28.3. The standard InChI is InChI=1S/C15H20NOSi/c1-2-13(11-16)15-8-4-3-7-14(15)12-18-10-6-5-9-17-18/h3-4,7-8,13H,2,5-6,9-10,12H2,1H3. The molecule has 1 aliphatic heterocycles. The third-order valence-corrected chi connectivity index (χ3v) is 5.84. The van der Waals surface area contributed by atoms with E-state index < -0.39 is 9.04 Å². The Labute approximate surface area is 111 Å². The fourth-order valence-corrected chi connectivity index (χ4v) is 4.73. The molecule has 1 aliphatic rings. The molecule has 0 N–H and O–H groups in total. The molecule has 1 aromatic rings. The number of benzene rings is 1. The molecule has 1 unspecified atom stereocenters. The van der Waals surface area contributed by atoms with E-state index in [9.17, 15) is 5.26 Å². The highest BCUT2D eigenvalue weighted by Gasteiger charge is 2.21. The van der Waals surface area contributed by atoms with Crippen molar-refractivity contribution in [3.8, 4) is 6.07 Å². The normalized spacial score (nSPS) is 18.2. The molecule has 1 atom stereocenters. The summed E-state index contributed by atoms with van der Waals surface area (Å²) in [5, 5.41) is 9.24. The molecule has 3 heteroatoms. The van der Waals surface area contributed by atoms with Crippen molar-refractivity contribution >= 4 is 9.04 Å². The van der Waals surface area contributed by atoms with Gasteiger partial charge < -0.3 is 4.43 Å². The summed E-state index contributed by atoms with van der Waals surface area (Å²) in [5.74, 6) is 0.0346. The van der Waals surface area contributed by atoms with Crippen LogP contribution in [0.15, 0.2) is 24.3 Å². The number of rotatable bonds is 4. The van der Waals surface area contributed by atoms with Crippen molar-refractivity contribution < 1.29 is 4.43 Å². The molecule has 0 aliphatic carbocycles. The molecule has 0 saturated carbocycles. The van der Waals surface area contributed by atoms with Gasteiger partial charge in [0.15, 0.2) is 0 Å². The van der Waals surface area contributed by atoms with E-state index >= 15 is 0 Å². The average Bonchev–Trinajstić information content (AvgIpc) is 2.43. The molecule has 1 saturated heterocycles. The molecule has 1 heterocycles. The van der Waals surface area contributed by atoms with Crippen LogP contribution in [0.2, 0.25) is 6.04 Å². The molecule has 2 nitrogen and oxygen atoms in total. The summed E-state index contributed by atoms with van der Waals surface area (Å²) in [6, 6.07) is 13.1. The van der Waals surface area contributed by atoms with E-state index in [1.54, 1.807) is 0 Å². The van der Waals surface area contributed by atoms with Gasteiger partial charge in [-0.2, -0.15) is 5.26 Å². The van der Waals surface area contributed by atoms with Crippen LogP contribution in [0.25, 0.3) is 0 Å². The predicted molar refractivity (Wildman–Crippen MR) is 74.5 cm³/mol. The zero-order chi connectivity index (χ0) is 12.8. The molecule has 18 heavy (non-hydrogen) atoms. The van der Waals surface area contributed by atoms with Gasteiger partial charge in [-0.3, -0.25) is 0 Å². The van der Waals surface area contributed by atoms with E-state index in [2.05, 4.69) is 31.2 Å². The Kier molecular flexibility index (Phi) is 4.97. The lowest BCUT2D eigenvalue weighted by Crippen LogP contribution is -2.26. The Morgan fingerprint density at radius 2 is 2.22 bits per heavy atom. The minimum Gasteiger partial charge on any atom is -0.416 e. The minimum absolute atomic E-state index is 0.0346.